The number of nitrogens with zero attached hydrogens (tertiary/aromatic N) is 1. The van der Waals surface area contributed by atoms with Crippen molar-refractivity contribution in [2.45, 2.75) is 50.3 Å². The van der Waals surface area contributed by atoms with Gasteiger partial charge in [0.15, 0.2) is 0 Å². The molecule has 4 nitrogen and oxygen atoms in total. The van der Waals surface area contributed by atoms with Crippen LogP contribution in [-0.4, -0.2) is 34.0 Å². The van der Waals surface area contributed by atoms with Crippen molar-refractivity contribution in [1.82, 2.24) is 4.90 Å². The van der Waals surface area contributed by atoms with Crippen LogP contribution in [0.1, 0.15) is 38.5 Å². The lowest BCUT2D eigenvalue weighted by molar-refractivity contribution is -0.139. The molecule has 2 unspecified atom stereocenters. The Labute approximate surface area is 82.9 Å². The van der Waals surface area contributed by atoms with Crippen molar-refractivity contribution in [3.05, 3.63) is 0 Å². The molecule has 0 aromatic rings. The highest BCUT2D eigenvalue weighted by Crippen LogP contribution is 2.44. The Balaban J connectivity index is 2.16. The Morgan fingerprint density at radius 3 is 3.07 bits per heavy atom. The number of aliphatic hydroxyl groups is 1. The molecule has 2 aliphatic heterocycles. The molecule has 2 aliphatic rings. The molecule has 1 amide bonds. The molecule has 2 heterocycles. The minimum absolute atomic E-state index is 0.0425. The van der Waals surface area contributed by atoms with E-state index in [9.17, 15) is 14.7 Å². The topological polar surface area (TPSA) is 57.6 Å². The summed E-state index contributed by atoms with van der Waals surface area (Å²) >= 11 is 0. The van der Waals surface area contributed by atoms with E-state index in [1.165, 1.54) is 0 Å². The molecule has 78 valence electrons. The van der Waals surface area contributed by atoms with Crippen LogP contribution in [0.15, 0.2) is 0 Å². The molecule has 0 aromatic carbocycles. The smallest absolute Gasteiger partial charge is 0.225 e. The average molecular weight is 197 g/mol. The number of carbonyl (C=O) groups excluding carboxylic acids is 2. The van der Waals surface area contributed by atoms with E-state index in [0.29, 0.717) is 25.7 Å². The number of hydrogen-bond donors (Lipinski definition) is 1. The number of amides is 1. The van der Waals surface area contributed by atoms with Gasteiger partial charge in [0.25, 0.3) is 0 Å². The van der Waals surface area contributed by atoms with E-state index in [4.69, 9.17) is 0 Å². The zero-order valence-corrected chi connectivity index (χ0v) is 8.11. The monoisotopic (exact) mass is 197 g/mol. The Morgan fingerprint density at radius 2 is 2.36 bits per heavy atom. The fourth-order valence-electron chi connectivity index (χ4n) is 2.80. The summed E-state index contributed by atoms with van der Waals surface area (Å²) in [5.41, 5.74) is -0.197. The van der Waals surface area contributed by atoms with Gasteiger partial charge in [0, 0.05) is 18.4 Å². The summed E-state index contributed by atoms with van der Waals surface area (Å²) in [6.45, 7) is 0. The molecule has 2 atom stereocenters. The van der Waals surface area contributed by atoms with Gasteiger partial charge < -0.3 is 14.8 Å². The van der Waals surface area contributed by atoms with Crippen LogP contribution in [0.4, 0.5) is 0 Å². The fourth-order valence-corrected chi connectivity index (χ4v) is 2.80. The number of aldehydes is 1. The van der Waals surface area contributed by atoms with E-state index < -0.39 is 6.23 Å². The molecule has 0 aliphatic carbocycles. The molecule has 0 radical (unpaired) electrons. The zero-order valence-electron chi connectivity index (χ0n) is 8.11. The van der Waals surface area contributed by atoms with Gasteiger partial charge in [-0.05, 0) is 25.7 Å². The number of rotatable bonds is 3. The molecule has 2 rings (SSSR count). The predicted molar refractivity (Wildman–Crippen MR) is 49.3 cm³/mol. The Morgan fingerprint density at radius 1 is 1.57 bits per heavy atom. The molecular weight excluding hydrogens is 182 g/mol. The summed E-state index contributed by atoms with van der Waals surface area (Å²) in [5.74, 6) is 0.0425. The third-order valence-electron chi connectivity index (χ3n) is 3.48. The van der Waals surface area contributed by atoms with E-state index in [1.807, 2.05) is 0 Å². The summed E-state index contributed by atoms with van der Waals surface area (Å²) in [7, 11) is 0. The van der Waals surface area contributed by atoms with Crippen molar-refractivity contribution in [2.24, 2.45) is 0 Å². The summed E-state index contributed by atoms with van der Waals surface area (Å²) in [5, 5.41) is 9.65. The summed E-state index contributed by atoms with van der Waals surface area (Å²) in [4.78, 5) is 23.5. The highest BCUT2D eigenvalue weighted by molar-refractivity contribution is 5.80. The van der Waals surface area contributed by atoms with Crippen molar-refractivity contribution in [2.75, 3.05) is 0 Å². The Hall–Kier alpha value is -0.900. The second kappa shape index (κ2) is 3.35. The van der Waals surface area contributed by atoms with Gasteiger partial charge in [0.05, 0.1) is 0 Å². The highest BCUT2D eigenvalue weighted by Gasteiger charge is 2.51. The van der Waals surface area contributed by atoms with Gasteiger partial charge in [-0.25, -0.2) is 0 Å². The van der Waals surface area contributed by atoms with Gasteiger partial charge in [0.2, 0.25) is 5.91 Å². The predicted octanol–water partition coefficient (Wildman–Crippen LogP) is 0.439. The van der Waals surface area contributed by atoms with E-state index in [2.05, 4.69) is 0 Å². The zero-order chi connectivity index (χ0) is 10.2. The van der Waals surface area contributed by atoms with Gasteiger partial charge in [0.1, 0.15) is 12.5 Å². The maximum absolute atomic E-state index is 11.5. The summed E-state index contributed by atoms with van der Waals surface area (Å²) in [6, 6.07) is 0. The third kappa shape index (κ3) is 1.25. The van der Waals surface area contributed by atoms with Gasteiger partial charge in [-0.15, -0.1) is 0 Å². The van der Waals surface area contributed by atoms with Crippen LogP contribution in [0.5, 0.6) is 0 Å². The van der Waals surface area contributed by atoms with Crippen LogP contribution in [0.3, 0.4) is 0 Å². The van der Waals surface area contributed by atoms with Crippen molar-refractivity contribution in [3.8, 4) is 0 Å². The first-order chi connectivity index (χ1) is 6.69. The van der Waals surface area contributed by atoms with E-state index in [0.717, 1.165) is 19.1 Å². The first kappa shape index (κ1) is 9.65. The first-order valence-electron chi connectivity index (χ1n) is 5.13. The minimum atomic E-state index is -0.614. The lowest BCUT2D eigenvalue weighted by Gasteiger charge is -2.32. The maximum Gasteiger partial charge on any atom is 0.225 e. The number of fused-ring (bicyclic) bond motifs is 1. The molecule has 1 N–H and O–H groups in total. The van der Waals surface area contributed by atoms with Crippen LogP contribution in [0, 0.1) is 0 Å². The Bertz CT molecular complexity index is 266. The molecular formula is C10H15NO3. The van der Waals surface area contributed by atoms with Crippen LogP contribution in [-0.2, 0) is 9.59 Å². The van der Waals surface area contributed by atoms with Gasteiger partial charge in [-0.1, -0.05) is 0 Å². The standard InChI is InChI=1S/C10H15NO3/c12-7-1-4-10-5-2-8(13)11(10)9(14)3-6-10/h7-8,13H,1-6H2. The molecule has 2 fully saturated rings. The average Bonchev–Trinajstić information content (AvgIpc) is 2.66. The third-order valence-corrected chi connectivity index (χ3v) is 3.48. The molecule has 2 saturated heterocycles. The van der Waals surface area contributed by atoms with Crippen molar-refractivity contribution in [1.29, 1.82) is 0 Å². The van der Waals surface area contributed by atoms with Crippen molar-refractivity contribution >= 4 is 12.2 Å². The van der Waals surface area contributed by atoms with Crippen LogP contribution in [0.2, 0.25) is 0 Å². The fraction of sp³-hybridized carbons (Fsp3) is 0.800. The SMILES string of the molecule is O=CCCC12CCC(=O)N1C(O)CC2. The molecule has 0 bridgehead atoms. The molecule has 0 saturated carbocycles. The highest BCUT2D eigenvalue weighted by atomic mass is 16.3. The number of hydrogen-bond acceptors (Lipinski definition) is 3. The number of carbonyl (C=O) groups is 2. The summed E-state index contributed by atoms with van der Waals surface area (Å²) in [6.07, 6.45) is 4.29. The Kier molecular flexibility index (Phi) is 2.31. The van der Waals surface area contributed by atoms with Crippen molar-refractivity contribution < 1.29 is 14.7 Å². The largest absolute Gasteiger partial charge is 0.374 e. The van der Waals surface area contributed by atoms with E-state index in [-0.39, 0.29) is 11.4 Å². The number of aliphatic hydroxyl groups excluding tert-OH is 1. The van der Waals surface area contributed by atoms with Crippen LogP contribution < -0.4 is 0 Å². The van der Waals surface area contributed by atoms with Gasteiger partial charge in [-0.3, -0.25) is 4.79 Å². The minimum Gasteiger partial charge on any atom is -0.374 e. The first-order valence-corrected chi connectivity index (χ1v) is 5.13. The molecule has 14 heavy (non-hydrogen) atoms. The molecule has 4 heteroatoms. The molecule has 0 aromatic heterocycles. The normalized spacial score (nSPS) is 36.2. The second-order valence-corrected chi connectivity index (χ2v) is 4.21. The van der Waals surface area contributed by atoms with Gasteiger partial charge >= 0.3 is 0 Å². The van der Waals surface area contributed by atoms with Crippen LogP contribution >= 0.6 is 0 Å². The quantitative estimate of drug-likeness (QED) is 0.668. The molecule has 0 spiro atoms. The maximum atomic E-state index is 11.5. The lowest BCUT2D eigenvalue weighted by Crippen LogP contribution is -2.44. The van der Waals surface area contributed by atoms with Crippen molar-refractivity contribution in [3.63, 3.8) is 0 Å². The lowest BCUT2D eigenvalue weighted by atomic mass is 9.89. The second-order valence-electron chi connectivity index (χ2n) is 4.21. The van der Waals surface area contributed by atoms with Crippen LogP contribution in [0.25, 0.3) is 0 Å². The van der Waals surface area contributed by atoms with Gasteiger partial charge in [-0.2, -0.15) is 0 Å². The summed E-state index contributed by atoms with van der Waals surface area (Å²) < 4.78 is 0. The van der Waals surface area contributed by atoms with E-state index in [1.54, 1.807) is 4.90 Å². The van der Waals surface area contributed by atoms with E-state index >= 15 is 0 Å².